The van der Waals surface area contributed by atoms with Crippen LogP contribution in [0.4, 0.5) is 18.9 Å². The number of benzene rings is 2. The van der Waals surface area contributed by atoms with Gasteiger partial charge in [0, 0.05) is 18.4 Å². The smallest absolute Gasteiger partial charge is 0.255 e. The van der Waals surface area contributed by atoms with Gasteiger partial charge in [0.15, 0.2) is 17.5 Å². The van der Waals surface area contributed by atoms with E-state index in [4.69, 9.17) is 4.74 Å². The Kier molecular flexibility index (Phi) is 4.59. The standard InChI is InChI=1S/C15H12F3NO2/c1-21-8-9-3-2-4-11(5-9)19-15(20)10-6-12(16)14(18)13(17)7-10/h2-7H,8H2,1H3,(H,19,20). The molecule has 3 nitrogen and oxygen atoms in total. The van der Waals surface area contributed by atoms with Gasteiger partial charge in [0.1, 0.15) is 0 Å². The number of amides is 1. The first-order chi connectivity index (χ1) is 10.0. The van der Waals surface area contributed by atoms with Crippen LogP contribution in [0.5, 0.6) is 0 Å². The number of anilines is 1. The van der Waals surface area contributed by atoms with E-state index in [1.54, 1.807) is 24.3 Å². The second kappa shape index (κ2) is 6.41. The van der Waals surface area contributed by atoms with Crippen LogP contribution in [0.25, 0.3) is 0 Å². The van der Waals surface area contributed by atoms with E-state index in [2.05, 4.69) is 5.32 Å². The van der Waals surface area contributed by atoms with Crippen molar-refractivity contribution < 1.29 is 22.7 Å². The molecule has 0 saturated heterocycles. The highest BCUT2D eigenvalue weighted by Gasteiger charge is 2.15. The number of methoxy groups -OCH3 is 1. The zero-order chi connectivity index (χ0) is 15.4. The Hall–Kier alpha value is -2.34. The van der Waals surface area contributed by atoms with E-state index in [0.29, 0.717) is 24.4 Å². The zero-order valence-electron chi connectivity index (χ0n) is 11.1. The first kappa shape index (κ1) is 15.1. The van der Waals surface area contributed by atoms with Gasteiger partial charge >= 0.3 is 0 Å². The van der Waals surface area contributed by atoms with Gasteiger partial charge in [0.25, 0.3) is 5.91 Å². The van der Waals surface area contributed by atoms with Gasteiger partial charge in [-0.05, 0) is 29.8 Å². The molecule has 0 bridgehead atoms. The third-order valence-electron chi connectivity index (χ3n) is 2.74. The fourth-order valence-electron chi connectivity index (χ4n) is 1.80. The van der Waals surface area contributed by atoms with Crippen LogP contribution in [-0.2, 0) is 11.3 Å². The van der Waals surface area contributed by atoms with Crippen LogP contribution in [0.2, 0.25) is 0 Å². The highest BCUT2D eigenvalue weighted by Crippen LogP contribution is 2.16. The van der Waals surface area contributed by atoms with Gasteiger partial charge in [-0.1, -0.05) is 12.1 Å². The van der Waals surface area contributed by atoms with Crippen LogP contribution in [0.1, 0.15) is 15.9 Å². The number of carbonyl (C=O) groups excluding carboxylic acids is 1. The summed E-state index contributed by atoms with van der Waals surface area (Å²) in [7, 11) is 1.54. The molecule has 0 unspecified atom stereocenters. The van der Waals surface area contributed by atoms with E-state index < -0.39 is 23.4 Å². The van der Waals surface area contributed by atoms with Crippen molar-refractivity contribution in [2.24, 2.45) is 0 Å². The number of nitrogens with one attached hydrogen (secondary N) is 1. The van der Waals surface area contributed by atoms with E-state index in [1.807, 2.05) is 0 Å². The van der Waals surface area contributed by atoms with Crippen molar-refractivity contribution >= 4 is 11.6 Å². The van der Waals surface area contributed by atoms with Crippen molar-refractivity contribution in [1.29, 1.82) is 0 Å². The van der Waals surface area contributed by atoms with E-state index in [9.17, 15) is 18.0 Å². The maximum atomic E-state index is 13.1. The number of ether oxygens (including phenoxy) is 1. The summed E-state index contributed by atoms with van der Waals surface area (Å²) in [6.45, 7) is 0.365. The summed E-state index contributed by atoms with van der Waals surface area (Å²) in [5.74, 6) is -5.16. The Morgan fingerprint density at radius 1 is 1.14 bits per heavy atom. The number of hydrogen-bond acceptors (Lipinski definition) is 2. The van der Waals surface area contributed by atoms with Crippen LogP contribution >= 0.6 is 0 Å². The lowest BCUT2D eigenvalue weighted by molar-refractivity contribution is 0.102. The predicted molar refractivity (Wildman–Crippen MR) is 71.4 cm³/mol. The van der Waals surface area contributed by atoms with Crippen LogP contribution in [0.3, 0.4) is 0 Å². The van der Waals surface area contributed by atoms with E-state index in [0.717, 1.165) is 5.56 Å². The minimum atomic E-state index is -1.60. The van der Waals surface area contributed by atoms with Gasteiger partial charge in [-0.15, -0.1) is 0 Å². The van der Waals surface area contributed by atoms with Crippen molar-refractivity contribution in [3.8, 4) is 0 Å². The molecular weight excluding hydrogens is 283 g/mol. The second-order valence-electron chi connectivity index (χ2n) is 4.34. The van der Waals surface area contributed by atoms with E-state index in [1.165, 1.54) is 7.11 Å². The van der Waals surface area contributed by atoms with Gasteiger partial charge in [-0.3, -0.25) is 4.79 Å². The van der Waals surface area contributed by atoms with E-state index >= 15 is 0 Å². The van der Waals surface area contributed by atoms with E-state index in [-0.39, 0.29) is 5.56 Å². The molecule has 0 spiro atoms. The number of hydrogen-bond donors (Lipinski definition) is 1. The molecule has 0 heterocycles. The first-order valence-corrected chi connectivity index (χ1v) is 6.05. The summed E-state index contributed by atoms with van der Waals surface area (Å²) in [6.07, 6.45) is 0. The Morgan fingerprint density at radius 3 is 2.43 bits per heavy atom. The molecule has 2 aromatic rings. The van der Waals surface area contributed by atoms with Crippen molar-refractivity contribution in [1.82, 2.24) is 0 Å². The van der Waals surface area contributed by atoms with Crippen molar-refractivity contribution in [2.45, 2.75) is 6.61 Å². The van der Waals surface area contributed by atoms with Crippen LogP contribution in [0, 0.1) is 17.5 Å². The Balaban J connectivity index is 2.20. The Morgan fingerprint density at radius 2 is 1.81 bits per heavy atom. The van der Waals surface area contributed by atoms with Crippen LogP contribution in [0.15, 0.2) is 36.4 Å². The minimum Gasteiger partial charge on any atom is -0.380 e. The zero-order valence-corrected chi connectivity index (χ0v) is 11.1. The molecule has 6 heteroatoms. The number of carbonyl (C=O) groups is 1. The van der Waals surface area contributed by atoms with Crippen molar-refractivity contribution in [3.63, 3.8) is 0 Å². The summed E-state index contributed by atoms with van der Waals surface area (Å²) >= 11 is 0. The minimum absolute atomic E-state index is 0.302. The van der Waals surface area contributed by atoms with Crippen LogP contribution in [-0.4, -0.2) is 13.0 Å². The number of halogens is 3. The molecule has 110 valence electrons. The highest BCUT2D eigenvalue weighted by molar-refractivity contribution is 6.04. The molecule has 0 aliphatic heterocycles. The fourth-order valence-corrected chi connectivity index (χ4v) is 1.80. The molecule has 0 saturated carbocycles. The Labute approximate surface area is 119 Å². The summed E-state index contributed by atoms with van der Waals surface area (Å²) in [5.41, 5.74) is 0.968. The molecule has 2 rings (SSSR count). The predicted octanol–water partition coefficient (Wildman–Crippen LogP) is 3.50. The molecule has 0 aromatic heterocycles. The monoisotopic (exact) mass is 295 g/mol. The van der Waals surface area contributed by atoms with Crippen LogP contribution < -0.4 is 5.32 Å². The summed E-state index contributed by atoms with van der Waals surface area (Å²) < 4.78 is 44.0. The topological polar surface area (TPSA) is 38.3 Å². The maximum Gasteiger partial charge on any atom is 0.255 e. The summed E-state index contributed by atoms with van der Waals surface area (Å²) in [4.78, 5) is 11.9. The van der Waals surface area contributed by atoms with Crippen molar-refractivity contribution in [3.05, 3.63) is 65.0 Å². The molecule has 21 heavy (non-hydrogen) atoms. The molecule has 0 aliphatic rings. The second-order valence-corrected chi connectivity index (χ2v) is 4.34. The SMILES string of the molecule is COCc1cccc(NC(=O)c2cc(F)c(F)c(F)c2)c1. The van der Waals surface area contributed by atoms with Gasteiger partial charge in [0.2, 0.25) is 0 Å². The molecule has 0 aliphatic carbocycles. The normalized spacial score (nSPS) is 10.5. The lowest BCUT2D eigenvalue weighted by atomic mass is 10.1. The molecule has 0 atom stereocenters. The molecular formula is C15H12F3NO2. The molecule has 1 amide bonds. The average molecular weight is 295 g/mol. The fraction of sp³-hybridized carbons (Fsp3) is 0.133. The Bertz CT molecular complexity index is 651. The molecule has 2 aromatic carbocycles. The summed E-state index contributed by atoms with van der Waals surface area (Å²) in [6, 6.07) is 8.08. The highest BCUT2D eigenvalue weighted by atomic mass is 19.2. The molecule has 1 N–H and O–H groups in total. The third kappa shape index (κ3) is 3.61. The maximum absolute atomic E-state index is 13.1. The largest absolute Gasteiger partial charge is 0.380 e. The quantitative estimate of drug-likeness (QED) is 0.877. The third-order valence-corrected chi connectivity index (χ3v) is 2.74. The lowest BCUT2D eigenvalue weighted by Gasteiger charge is -2.08. The molecule has 0 radical (unpaired) electrons. The van der Waals surface area contributed by atoms with Crippen molar-refractivity contribution in [2.75, 3.05) is 12.4 Å². The number of rotatable bonds is 4. The average Bonchev–Trinajstić information content (AvgIpc) is 2.45. The van der Waals surface area contributed by atoms with Gasteiger partial charge in [-0.2, -0.15) is 0 Å². The summed E-state index contributed by atoms with van der Waals surface area (Å²) in [5, 5.41) is 2.48. The first-order valence-electron chi connectivity index (χ1n) is 6.05. The van der Waals surface area contributed by atoms with Gasteiger partial charge in [-0.25, -0.2) is 13.2 Å². The molecule has 0 fully saturated rings. The van der Waals surface area contributed by atoms with Gasteiger partial charge in [0.05, 0.1) is 6.61 Å². The van der Waals surface area contributed by atoms with Gasteiger partial charge < -0.3 is 10.1 Å². The lowest BCUT2D eigenvalue weighted by Crippen LogP contribution is -2.13.